The van der Waals surface area contributed by atoms with Gasteiger partial charge in [0.15, 0.2) is 0 Å². The summed E-state index contributed by atoms with van der Waals surface area (Å²) in [7, 11) is 0. The molecule has 2 fully saturated rings. The van der Waals surface area contributed by atoms with Crippen LogP contribution >= 0.6 is 0 Å². The second kappa shape index (κ2) is 6.97. The second-order valence-electron chi connectivity index (χ2n) is 7.03. The average Bonchev–Trinajstić information content (AvgIpc) is 3.01. The molecule has 0 radical (unpaired) electrons. The number of nitrogens with zero attached hydrogens (tertiary/aromatic N) is 2. The van der Waals surface area contributed by atoms with Crippen molar-refractivity contribution in [1.82, 2.24) is 9.80 Å². The van der Waals surface area contributed by atoms with Crippen LogP contribution in [0.1, 0.15) is 51.7 Å². The van der Waals surface area contributed by atoms with E-state index in [1.807, 2.05) is 6.07 Å². The van der Waals surface area contributed by atoms with Crippen LogP contribution in [0.15, 0.2) is 22.8 Å². The van der Waals surface area contributed by atoms with Gasteiger partial charge in [-0.25, -0.2) is 0 Å². The summed E-state index contributed by atoms with van der Waals surface area (Å²) < 4.78 is 5.48. The summed E-state index contributed by atoms with van der Waals surface area (Å²) in [5, 5.41) is 0. The maximum absolute atomic E-state index is 5.48. The highest BCUT2D eigenvalue weighted by Gasteiger charge is 2.32. The molecule has 1 aromatic heterocycles. The normalized spacial score (nSPS) is 29.8. The van der Waals surface area contributed by atoms with Crippen LogP contribution in [0, 0.1) is 5.92 Å². The lowest BCUT2D eigenvalue weighted by atomic mass is 9.89. The minimum atomic E-state index is 0.811. The van der Waals surface area contributed by atoms with Gasteiger partial charge < -0.3 is 4.42 Å². The van der Waals surface area contributed by atoms with Crippen LogP contribution in [0.3, 0.4) is 0 Å². The molecule has 0 saturated carbocycles. The van der Waals surface area contributed by atoms with E-state index in [0.29, 0.717) is 0 Å². The standard InChI is InChI=1S/C18H30N2O/c1-3-16-7-6-15(2)13-20(16)17-8-10-19(11-9-17)14-18-5-4-12-21-18/h4-5,12,15-17H,3,6-11,13-14H2,1-2H3/t15-,16-/m1/s1. The Morgan fingerprint density at radius 1 is 1.19 bits per heavy atom. The monoisotopic (exact) mass is 290 g/mol. The van der Waals surface area contributed by atoms with Crippen LogP contribution in [-0.4, -0.2) is 41.5 Å². The zero-order valence-electron chi connectivity index (χ0n) is 13.6. The SMILES string of the molecule is CC[C@@H]1CC[C@@H](C)CN1C1CCN(Cc2ccco2)CC1. The molecule has 0 unspecified atom stereocenters. The zero-order valence-corrected chi connectivity index (χ0v) is 13.6. The molecule has 2 atom stereocenters. The van der Waals surface area contributed by atoms with Crippen molar-refractivity contribution >= 4 is 0 Å². The van der Waals surface area contributed by atoms with Gasteiger partial charge >= 0.3 is 0 Å². The number of piperidine rings is 2. The first-order valence-corrected chi connectivity index (χ1v) is 8.76. The highest BCUT2D eigenvalue weighted by Crippen LogP contribution is 2.29. The van der Waals surface area contributed by atoms with Crippen molar-refractivity contribution in [1.29, 1.82) is 0 Å². The number of hydrogen-bond acceptors (Lipinski definition) is 3. The van der Waals surface area contributed by atoms with E-state index in [0.717, 1.165) is 30.3 Å². The van der Waals surface area contributed by atoms with Crippen molar-refractivity contribution in [2.45, 2.75) is 64.6 Å². The van der Waals surface area contributed by atoms with E-state index in [1.54, 1.807) is 6.26 Å². The third-order valence-corrected chi connectivity index (χ3v) is 5.44. The summed E-state index contributed by atoms with van der Waals surface area (Å²) in [6.45, 7) is 9.51. The molecule has 118 valence electrons. The minimum Gasteiger partial charge on any atom is -0.468 e. The Kier molecular flexibility index (Phi) is 5.02. The first-order chi connectivity index (χ1) is 10.3. The van der Waals surface area contributed by atoms with Crippen LogP contribution in [-0.2, 0) is 6.54 Å². The van der Waals surface area contributed by atoms with E-state index >= 15 is 0 Å². The lowest BCUT2D eigenvalue weighted by Crippen LogP contribution is -2.52. The lowest BCUT2D eigenvalue weighted by molar-refractivity contribution is 0.0280. The van der Waals surface area contributed by atoms with Gasteiger partial charge in [-0.2, -0.15) is 0 Å². The minimum absolute atomic E-state index is 0.811. The van der Waals surface area contributed by atoms with Gasteiger partial charge in [-0.3, -0.25) is 9.80 Å². The quantitative estimate of drug-likeness (QED) is 0.842. The molecular weight excluding hydrogens is 260 g/mol. The molecule has 0 aromatic carbocycles. The first kappa shape index (κ1) is 15.1. The van der Waals surface area contributed by atoms with Crippen molar-refractivity contribution in [2.24, 2.45) is 5.92 Å². The largest absolute Gasteiger partial charge is 0.468 e. The molecule has 3 nitrogen and oxygen atoms in total. The summed E-state index contributed by atoms with van der Waals surface area (Å²) in [6.07, 6.45) is 8.58. The van der Waals surface area contributed by atoms with Crippen molar-refractivity contribution in [3.63, 3.8) is 0 Å². The number of rotatable bonds is 4. The molecule has 0 spiro atoms. The maximum Gasteiger partial charge on any atom is 0.117 e. The maximum atomic E-state index is 5.48. The summed E-state index contributed by atoms with van der Waals surface area (Å²) in [4.78, 5) is 5.39. The van der Waals surface area contributed by atoms with Gasteiger partial charge in [-0.1, -0.05) is 13.8 Å². The molecule has 0 N–H and O–H groups in total. The van der Waals surface area contributed by atoms with E-state index in [-0.39, 0.29) is 0 Å². The van der Waals surface area contributed by atoms with Gasteiger partial charge in [0, 0.05) is 31.7 Å². The molecule has 0 amide bonds. The molecule has 0 bridgehead atoms. The Labute approximate surface area is 129 Å². The van der Waals surface area contributed by atoms with E-state index in [2.05, 4.69) is 29.7 Å². The molecule has 21 heavy (non-hydrogen) atoms. The molecule has 3 rings (SSSR count). The Balaban J connectivity index is 1.52. The molecule has 2 aliphatic rings. The molecular formula is C18H30N2O. The Morgan fingerprint density at radius 3 is 2.67 bits per heavy atom. The summed E-state index contributed by atoms with van der Waals surface area (Å²) in [6, 6.07) is 5.72. The van der Waals surface area contributed by atoms with E-state index < -0.39 is 0 Å². The number of likely N-dealkylation sites (tertiary alicyclic amines) is 2. The van der Waals surface area contributed by atoms with E-state index in [1.165, 1.54) is 51.7 Å². The predicted octanol–water partition coefficient (Wildman–Crippen LogP) is 3.75. The van der Waals surface area contributed by atoms with Gasteiger partial charge in [-0.15, -0.1) is 0 Å². The molecule has 2 saturated heterocycles. The van der Waals surface area contributed by atoms with Gasteiger partial charge in [0.2, 0.25) is 0 Å². The van der Waals surface area contributed by atoms with Crippen molar-refractivity contribution < 1.29 is 4.42 Å². The van der Waals surface area contributed by atoms with Gasteiger partial charge in [0.1, 0.15) is 5.76 Å². The van der Waals surface area contributed by atoms with Crippen LogP contribution in [0.25, 0.3) is 0 Å². The molecule has 0 aliphatic carbocycles. The highest BCUT2D eigenvalue weighted by atomic mass is 16.3. The highest BCUT2D eigenvalue weighted by molar-refractivity contribution is 4.98. The third kappa shape index (κ3) is 3.70. The first-order valence-electron chi connectivity index (χ1n) is 8.76. The van der Waals surface area contributed by atoms with Gasteiger partial charge in [0.25, 0.3) is 0 Å². The average molecular weight is 290 g/mol. The lowest BCUT2D eigenvalue weighted by Gasteiger charge is -2.46. The van der Waals surface area contributed by atoms with Crippen molar-refractivity contribution in [3.8, 4) is 0 Å². The Morgan fingerprint density at radius 2 is 2.00 bits per heavy atom. The van der Waals surface area contributed by atoms with Crippen LogP contribution in [0.5, 0.6) is 0 Å². The topological polar surface area (TPSA) is 19.6 Å². The molecule has 3 heteroatoms. The summed E-state index contributed by atoms with van der Waals surface area (Å²) in [5.41, 5.74) is 0. The smallest absolute Gasteiger partial charge is 0.117 e. The number of hydrogen-bond donors (Lipinski definition) is 0. The van der Waals surface area contributed by atoms with Crippen LogP contribution < -0.4 is 0 Å². The zero-order chi connectivity index (χ0) is 14.7. The van der Waals surface area contributed by atoms with E-state index in [4.69, 9.17) is 4.42 Å². The van der Waals surface area contributed by atoms with Crippen molar-refractivity contribution in [2.75, 3.05) is 19.6 Å². The van der Waals surface area contributed by atoms with Gasteiger partial charge in [0.05, 0.1) is 12.8 Å². The summed E-state index contributed by atoms with van der Waals surface area (Å²) >= 11 is 0. The van der Waals surface area contributed by atoms with Crippen LogP contribution in [0.2, 0.25) is 0 Å². The van der Waals surface area contributed by atoms with E-state index in [9.17, 15) is 0 Å². The fraction of sp³-hybridized carbons (Fsp3) is 0.778. The fourth-order valence-corrected chi connectivity index (χ4v) is 4.16. The number of furan rings is 1. The third-order valence-electron chi connectivity index (χ3n) is 5.44. The Bertz CT molecular complexity index is 409. The molecule has 3 heterocycles. The van der Waals surface area contributed by atoms with Crippen LogP contribution in [0.4, 0.5) is 0 Å². The Hall–Kier alpha value is -0.800. The predicted molar refractivity (Wildman–Crippen MR) is 86.2 cm³/mol. The fourth-order valence-electron chi connectivity index (χ4n) is 4.16. The summed E-state index contributed by atoms with van der Waals surface area (Å²) in [5.74, 6) is 1.99. The molecule has 1 aromatic rings. The molecule has 2 aliphatic heterocycles. The van der Waals surface area contributed by atoms with Crippen molar-refractivity contribution in [3.05, 3.63) is 24.2 Å². The second-order valence-corrected chi connectivity index (χ2v) is 7.03. The van der Waals surface area contributed by atoms with Gasteiger partial charge in [-0.05, 0) is 50.2 Å².